The molecule has 0 saturated carbocycles. The van der Waals surface area contributed by atoms with Crippen molar-refractivity contribution in [3.63, 3.8) is 0 Å². The molecule has 2 aliphatic rings. The Bertz CT molecular complexity index is 1610. The summed E-state index contributed by atoms with van der Waals surface area (Å²) in [4.78, 5) is 32.4. The first-order chi connectivity index (χ1) is 20.4. The van der Waals surface area contributed by atoms with Crippen LogP contribution in [0.5, 0.6) is 0 Å². The predicted octanol–water partition coefficient (Wildman–Crippen LogP) is 3.79. The van der Waals surface area contributed by atoms with Crippen molar-refractivity contribution in [2.24, 2.45) is 0 Å². The number of hydrogen-bond acceptors (Lipinski definition) is 11. The fourth-order valence-electron chi connectivity index (χ4n) is 5.53. The van der Waals surface area contributed by atoms with Crippen LogP contribution in [0.25, 0.3) is 16.2 Å². The van der Waals surface area contributed by atoms with E-state index in [1.807, 2.05) is 59.6 Å². The molecule has 4 aromatic rings. The van der Waals surface area contributed by atoms with Gasteiger partial charge in [-0.25, -0.2) is 9.97 Å². The summed E-state index contributed by atoms with van der Waals surface area (Å²) in [5, 5.41) is 16.5. The van der Waals surface area contributed by atoms with Crippen LogP contribution in [0.1, 0.15) is 29.5 Å². The molecule has 1 aromatic carbocycles. The van der Waals surface area contributed by atoms with Crippen LogP contribution in [0.15, 0.2) is 24.3 Å². The van der Waals surface area contributed by atoms with E-state index in [9.17, 15) is 10.1 Å². The second-order valence-electron chi connectivity index (χ2n) is 10.8. The van der Waals surface area contributed by atoms with Crippen molar-refractivity contribution in [3.8, 4) is 17.3 Å². The van der Waals surface area contributed by atoms with Gasteiger partial charge in [0.1, 0.15) is 16.6 Å². The van der Waals surface area contributed by atoms with Gasteiger partial charge in [-0.3, -0.25) is 9.69 Å². The van der Waals surface area contributed by atoms with Crippen LogP contribution in [0.3, 0.4) is 0 Å². The van der Waals surface area contributed by atoms with E-state index in [2.05, 4.69) is 22.8 Å². The maximum absolute atomic E-state index is 12.8. The maximum Gasteiger partial charge on any atom is 0.236 e. The Morgan fingerprint density at radius 2 is 1.90 bits per heavy atom. The molecule has 13 heteroatoms. The third-order valence-corrected chi connectivity index (χ3v) is 10.0. The molecule has 0 bridgehead atoms. The molecule has 1 atom stereocenters. The molecule has 0 N–H and O–H groups in total. The van der Waals surface area contributed by atoms with Crippen molar-refractivity contribution < 1.29 is 9.53 Å². The van der Waals surface area contributed by atoms with Crippen LogP contribution in [-0.2, 0) is 16.0 Å². The monoisotopic (exact) mass is 605 g/mol. The fourth-order valence-corrected chi connectivity index (χ4v) is 7.33. The molecule has 42 heavy (non-hydrogen) atoms. The first-order valence-corrected chi connectivity index (χ1v) is 15.9. The lowest BCUT2D eigenvalue weighted by Gasteiger charge is -2.30. The number of amides is 1. The first-order valence-electron chi connectivity index (χ1n) is 14.3. The van der Waals surface area contributed by atoms with Gasteiger partial charge in [0.05, 0.1) is 25.5 Å². The Kier molecular flexibility index (Phi) is 8.13. The number of carbonyl (C=O) groups is 1. The van der Waals surface area contributed by atoms with Crippen LogP contribution in [0.4, 0.5) is 16.1 Å². The number of hydrogen-bond donors (Lipinski definition) is 0. The van der Waals surface area contributed by atoms with Gasteiger partial charge in [0, 0.05) is 44.8 Å². The standard InChI is InChI=1S/C29H35N9O2S2/c1-5-22-26(35(4)27-32-25(23(16-30)41-27)20-8-6-19(2)7-9-20)38-28(31-22)42-29(33-38)37-11-10-21(17-37)34(3)18-24(39)36-12-14-40-15-13-36/h6-9,21H,5,10-15,17-18H2,1-4H3/t21-/m0/s1. The quantitative estimate of drug-likeness (QED) is 0.297. The Morgan fingerprint density at radius 3 is 2.62 bits per heavy atom. The number of thiazole rings is 1. The number of imidazole rings is 1. The smallest absolute Gasteiger partial charge is 0.236 e. The number of ether oxygens (including phenoxy) is 1. The molecular weight excluding hydrogens is 571 g/mol. The van der Waals surface area contributed by atoms with E-state index in [0.717, 1.165) is 63.8 Å². The van der Waals surface area contributed by atoms with Crippen molar-refractivity contribution in [1.82, 2.24) is 29.4 Å². The molecule has 1 amide bonds. The third kappa shape index (κ3) is 5.47. The molecule has 0 radical (unpaired) electrons. The normalized spacial score (nSPS) is 17.4. The third-order valence-electron chi connectivity index (χ3n) is 8.03. The minimum Gasteiger partial charge on any atom is -0.378 e. The lowest BCUT2D eigenvalue weighted by Crippen LogP contribution is -2.47. The SMILES string of the molecule is CCc1nc2sc(N3CC[C@H](N(C)CC(=O)N4CCOCC4)C3)nn2c1N(C)c1nc(-c2ccc(C)cc2)c(C#N)s1. The van der Waals surface area contributed by atoms with Crippen LogP contribution in [0, 0.1) is 18.3 Å². The number of likely N-dealkylation sites (N-methyl/N-ethyl adjacent to an activating group) is 1. The van der Waals surface area contributed by atoms with Crippen LogP contribution in [0.2, 0.25) is 0 Å². The molecule has 5 heterocycles. The number of morpholine rings is 1. The number of benzene rings is 1. The summed E-state index contributed by atoms with van der Waals surface area (Å²) in [7, 11) is 4.00. The van der Waals surface area contributed by atoms with E-state index >= 15 is 0 Å². The largest absolute Gasteiger partial charge is 0.378 e. The van der Waals surface area contributed by atoms with Crippen molar-refractivity contribution in [2.75, 3.05) is 69.8 Å². The van der Waals surface area contributed by atoms with Gasteiger partial charge >= 0.3 is 0 Å². The second-order valence-corrected chi connectivity index (χ2v) is 12.7. The van der Waals surface area contributed by atoms with Crippen molar-refractivity contribution >= 4 is 49.6 Å². The number of rotatable bonds is 8. The van der Waals surface area contributed by atoms with Gasteiger partial charge in [0.25, 0.3) is 0 Å². The molecule has 2 aliphatic heterocycles. The summed E-state index contributed by atoms with van der Waals surface area (Å²) in [6.45, 7) is 8.81. The Balaban J connectivity index is 1.21. The van der Waals surface area contributed by atoms with E-state index in [1.165, 1.54) is 11.3 Å². The first kappa shape index (κ1) is 28.5. The molecule has 2 saturated heterocycles. The summed E-state index contributed by atoms with van der Waals surface area (Å²) in [6.07, 6.45) is 1.72. The zero-order valence-corrected chi connectivity index (χ0v) is 26.0. The van der Waals surface area contributed by atoms with Crippen LogP contribution >= 0.6 is 22.7 Å². The number of carbonyl (C=O) groups excluding carboxylic acids is 1. The lowest BCUT2D eigenvalue weighted by molar-refractivity contribution is -0.136. The number of fused-ring (bicyclic) bond motifs is 1. The summed E-state index contributed by atoms with van der Waals surface area (Å²) in [5.74, 6) is 1.03. The molecule has 3 aromatic heterocycles. The number of aromatic nitrogens is 4. The molecule has 0 unspecified atom stereocenters. The van der Waals surface area contributed by atoms with Gasteiger partial charge in [-0.05, 0) is 26.8 Å². The van der Waals surface area contributed by atoms with Crippen molar-refractivity contribution in [3.05, 3.63) is 40.4 Å². The van der Waals surface area contributed by atoms with Crippen molar-refractivity contribution in [2.45, 2.75) is 32.7 Å². The molecule has 11 nitrogen and oxygen atoms in total. The Morgan fingerprint density at radius 1 is 1.14 bits per heavy atom. The van der Waals surface area contributed by atoms with Gasteiger partial charge in [-0.1, -0.05) is 59.4 Å². The molecule has 0 aliphatic carbocycles. The van der Waals surface area contributed by atoms with Gasteiger partial charge in [0.2, 0.25) is 16.0 Å². The zero-order valence-electron chi connectivity index (χ0n) is 24.4. The van der Waals surface area contributed by atoms with E-state index in [1.54, 1.807) is 11.3 Å². The molecular formula is C29H35N9O2S2. The molecule has 2 fully saturated rings. The van der Waals surface area contributed by atoms with Gasteiger partial charge in [-0.15, -0.1) is 5.10 Å². The number of nitrogens with zero attached hydrogens (tertiary/aromatic N) is 9. The number of aryl methyl sites for hydroxylation is 2. The van der Waals surface area contributed by atoms with Crippen LogP contribution < -0.4 is 9.80 Å². The molecule has 0 spiro atoms. The molecule has 6 rings (SSSR count). The highest BCUT2D eigenvalue weighted by Crippen LogP contribution is 2.38. The predicted molar refractivity (Wildman–Crippen MR) is 166 cm³/mol. The fraction of sp³-hybridized carbons (Fsp3) is 0.483. The average Bonchev–Trinajstić information content (AvgIpc) is 3.80. The maximum atomic E-state index is 12.8. The van der Waals surface area contributed by atoms with E-state index < -0.39 is 0 Å². The van der Waals surface area contributed by atoms with E-state index in [-0.39, 0.29) is 11.9 Å². The van der Waals surface area contributed by atoms with Gasteiger partial charge in [-0.2, -0.15) is 9.78 Å². The summed E-state index contributed by atoms with van der Waals surface area (Å²) < 4.78 is 7.30. The summed E-state index contributed by atoms with van der Waals surface area (Å²) in [5.41, 5.74) is 3.73. The summed E-state index contributed by atoms with van der Waals surface area (Å²) >= 11 is 2.96. The average molecular weight is 606 g/mol. The Hall–Kier alpha value is -3.57. The minimum absolute atomic E-state index is 0.166. The number of anilines is 3. The van der Waals surface area contributed by atoms with E-state index in [4.69, 9.17) is 19.8 Å². The topological polar surface area (TPSA) is 106 Å². The number of nitriles is 1. The molecule has 220 valence electrons. The van der Waals surface area contributed by atoms with Gasteiger partial charge < -0.3 is 19.4 Å². The van der Waals surface area contributed by atoms with E-state index in [0.29, 0.717) is 43.4 Å². The highest BCUT2D eigenvalue weighted by molar-refractivity contribution is 7.20. The van der Waals surface area contributed by atoms with Gasteiger partial charge in [0.15, 0.2) is 10.9 Å². The second kappa shape index (κ2) is 12.0. The minimum atomic E-state index is 0.166. The Labute approximate surface area is 253 Å². The highest BCUT2D eigenvalue weighted by atomic mass is 32.1. The highest BCUT2D eigenvalue weighted by Gasteiger charge is 2.31. The van der Waals surface area contributed by atoms with Crippen molar-refractivity contribution in [1.29, 1.82) is 5.26 Å². The summed E-state index contributed by atoms with van der Waals surface area (Å²) in [6, 6.07) is 10.7. The van der Waals surface area contributed by atoms with Crippen LogP contribution in [-0.4, -0.2) is 101 Å². The zero-order chi connectivity index (χ0) is 29.4. The lowest BCUT2D eigenvalue weighted by atomic mass is 10.1.